The fourth-order valence-electron chi connectivity index (χ4n) is 1.09. The van der Waals surface area contributed by atoms with E-state index in [0.717, 1.165) is 7.11 Å². The molecule has 1 aromatic carbocycles. The first-order valence-corrected chi connectivity index (χ1v) is 4.95. The van der Waals surface area contributed by atoms with Crippen LogP contribution in [0.25, 0.3) is 0 Å². The third kappa shape index (κ3) is 2.62. The van der Waals surface area contributed by atoms with Crippen molar-refractivity contribution in [3.05, 3.63) is 35.9 Å². The van der Waals surface area contributed by atoms with Crippen LogP contribution in [0.15, 0.2) is 30.3 Å². The number of aliphatic hydroxyl groups is 1. The molecule has 1 N–H and O–H groups in total. The van der Waals surface area contributed by atoms with Gasteiger partial charge in [-0.1, -0.05) is 53.5 Å². The lowest BCUT2D eigenvalue weighted by Crippen LogP contribution is -2.34. The number of esters is 1. The number of benzene rings is 1. The van der Waals surface area contributed by atoms with Gasteiger partial charge in [0.1, 0.15) is 6.10 Å². The number of alkyl halides is 2. The maximum atomic E-state index is 11.2. The summed E-state index contributed by atoms with van der Waals surface area (Å²) in [5.41, 5.74) is 0.452. The van der Waals surface area contributed by atoms with E-state index >= 15 is 0 Å². The smallest absolute Gasteiger partial charge is 0.345 e. The average molecular weight is 249 g/mol. The van der Waals surface area contributed by atoms with Crippen molar-refractivity contribution in [3.63, 3.8) is 0 Å². The van der Waals surface area contributed by atoms with Crippen LogP contribution in [-0.4, -0.2) is 22.5 Å². The fourth-order valence-corrected chi connectivity index (χ4v) is 1.50. The minimum Gasteiger partial charge on any atom is -0.467 e. The van der Waals surface area contributed by atoms with Gasteiger partial charge in [-0.25, -0.2) is 4.79 Å². The molecule has 0 heterocycles. The zero-order valence-corrected chi connectivity index (χ0v) is 9.50. The second-order valence-corrected chi connectivity index (χ2v) is 4.31. The number of ether oxygens (including phenoxy) is 1. The van der Waals surface area contributed by atoms with Crippen molar-refractivity contribution >= 4 is 29.2 Å². The van der Waals surface area contributed by atoms with Crippen molar-refractivity contribution < 1.29 is 14.6 Å². The van der Waals surface area contributed by atoms with Gasteiger partial charge in [0, 0.05) is 0 Å². The van der Waals surface area contributed by atoms with Gasteiger partial charge in [0.15, 0.2) is 0 Å². The van der Waals surface area contributed by atoms with Crippen LogP contribution < -0.4 is 0 Å². The van der Waals surface area contributed by atoms with Crippen molar-refractivity contribution in [2.45, 2.75) is 10.4 Å². The number of hydrogen-bond donors (Lipinski definition) is 1. The predicted octanol–water partition coefficient (Wildman–Crippen LogP) is 2.07. The van der Waals surface area contributed by atoms with E-state index in [0.29, 0.717) is 5.56 Å². The lowest BCUT2D eigenvalue weighted by atomic mass is 10.1. The summed E-state index contributed by atoms with van der Waals surface area (Å²) in [5, 5.41) is 9.79. The molecule has 1 unspecified atom stereocenters. The van der Waals surface area contributed by atoms with E-state index in [2.05, 4.69) is 4.74 Å². The Hall–Kier alpha value is -0.770. The average Bonchev–Trinajstić information content (AvgIpc) is 2.28. The molecule has 0 fully saturated rings. The van der Waals surface area contributed by atoms with E-state index in [4.69, 9.17) is 23.2 Å². The Balaban J connectivity index is 2.94. The second kappa shape index (κ2) is 4.84. The Kier molecular flexibility index (Phi) is 3.97. The highest BCUT2D eigenvalue weighted by molar-refractivity contribution is 6.58. The molecule has 0 aliphatic carbocycles. The standard InChI is InChI=1S/C10H10Cl2O3/c1-15-9(14)10(11,12)8(13)7-5-3-2-4-6-7/h2-6,8,13H,1H3. The lowest BCUT2D eigenvalue weighted by Gasteiger charge is -2.23. The van der Waals surface area contributed by atoms with Crippen LogP contribution in [-0.2, 0) is 9.53 Å². The second-order valence-electron chi connectivity index (χ2n) is 2.93. The van der Waals surface area contributed by atoms with E-state index < -0.39 is 16.4 Å². The molecule has 0 saturated heterocycles. The summed E-state index contributed by atoms with van der Waals surface area (Å²) in [6.45, 7) is 0. The Labute approximate surface area is 97.6 Å². The summed E-state index contributed by atoms with van der Waals surface area (Å²) in [4.78, 5) is 11.2. The molecule has 0 spiro atoms. The molecule has 0 bridgehead atoms. The molecule has 0 saturated carbocycles. The Morgan fingerprint density at radius 2 is 1.93 bits per heavy atom. The molecule has 0 amide bonds. The molecular formula is C10H10Cl2O3. The summed E-state index contributed by atoms with van der Waals surface area (Å²) in [7, 11) is 1.15. The summed E-state index contributed by atoms with van der Waals surface area (Å²) >= 11 is 11.4. The Bertz CT molecular complexity index is 338. The number of aliphatic hydroxyl groups excluding tert-OH is 1. The van der Waals surface area contributed by atoms with Crippen LogP contribution in [0.3, 0.4) is 0 Å². The monoisotopic (exact) mass is 248 g/mol. The van der Waals surface area contributed by atoms with Crippen LogP contribution in [0, 0.1) is 0 Å². The van der Waals surface area contributed by atoms with Crippen LogP contribution in [0.5, 0.6) is 0 Å². The Morgan fingerprint density at radius 3 is 2.40 bits per heavy atom. The van der Waals surface area contributed by atoms with Crippen molar-refractivity contribution in [1.82, 2.24) is 0 Å². The normalized spacial score (nSPS) is 13.3. The highest BCUT2D eigenvalue weighted by Gasteiger charge is 2.43. The lowest BCUT2D eigenvalue weighted by molar-refractivity contribution is -0.144. The van der Waals surface area contributed by atoms with Crippen LogP contribution in [0.1, 0.15) is 11.7 Å². The zero-order chi connectivity index (χ0) is 11.5. The van der Waals surface area contributed by atoms with Gasteiger partial charge >= 0.3 is 5.97 Å². The Morgan fingerprint density at radius 1 is 1.40 bits per heavy atom. The quantitative estimate of drug-likeness (QED) is 0.658. The number of carbonyl (C=O) groups excluding carboxylic acids is 1. The van der Waals surface area contributed by atoms with Crippen molar-refractivity contribution in [2.24, 2.45) is 0 Å². The van der Waals surface area contributed by atoms with Gasteiger partial charge in [-0.3, -0.25) is 0 Å². The van der Waals surface area contributed by atoms with Crippen LogP contribution >= 0.6 is 23.2 Å². The van der Waals surface area contributed by atoms with Crippen molar-refractivity contribution in [2.75, 3.05) is 7.11 Å². The summed E-state index contributed by atoms with van der Waals surface area (Å²) in [6.07, 6.45) is -1.32. The summed E-state index contributed by atoms with van der Waals surface area (Å²) in [5.74, 6) is -0.887. The van der Waals surface area contributed by atoms with Crippen LogP contribution in [0.4, 0.5) is 0 Å². The molecule has 1 aromatic rings. The van der Waals surface area contributed by atoms with Gasteiger partial charge in [-0.05, 0) is 5.56 Å². The number of carbonyl (C=O) groups is 1. The highest BCUT2D eigenvalue weighted by Crippen LogP contribution is 2.36. The highest BCUT2D eigenvalue weighted by atomic mass is 35.5. The van der Waals surface area contributed by atoms with E-state index in [1.165, 1.54) is 0 Å². The molecule has 0 aromatic heterocycles. The third-order valence-corrected chi connectivity index (χ3v) is 2.64. The largest absolute Gasteiger partial charge is 0.467 e. The number of halogens is 2. The van der Waals surface area contributed by atoms with Gasteiger partial charge in [0.25, 0.3) is 0 Å². The maximum Gasteiger partial charge on any atom is 0.345 e. The zero-order valence-electron chi connectivity index (χ0n) is 7.98. The molecule has 0 aliphatic rings. The van der Waals surface area contributed by atoms with Gasteiger partial charge in [-0.2, -0.15) is 0 Å². The molecule has 1 rings (SSSR count). The molecule has 3 nitrogen and oxygen atoms in total. The molecule has 5 heteroatoms. The van der Waals surface area contributed by atoms with Gasteiger partial charge in [0.05, 0.1) is 7.11 Å². The fraction of sp³-hybridized carbons (Fsp3) is 0.300. The molecule has 0 radical (unpaired) electrons. The van der Waals surface area contributed by atoms with Gasteiger partial charge in [0.2, 0.25) is 4.33 Å². The minimum absolute atomic E-state index is 0.452. The summed E-state index contributed by atoms with van der Waals surface area (Å²) < 4.78 is 2.40. The van der Waals surface area contributed by atoms with Crippen molar-refractivity contribution in [1.29, 1.82) is 0 Å². The van der Waals surface area contributed by atoms with E-state index in [1.807, 2.05) is 0 Å². The number of methoxy groups -OCH3 is 1. The van der Waals surface area contributed by atoms with E-state index in [-0.39, 0.29) is 0 Å². The van der Waals surface area contributed by atoms with E-state index in [9.17, 15) is 9.90 Å². The molecule has 15 heavy (non-hydrogen) atoms. The van der Waals surface area contributed by atoms with Crippen LogP contribution in [0.2, 0.25) is 0 Å². The molecule has 82 valence electrons. The predicted molar refractivity (Wildman–Crippen MR) is 57.9 cm³/mol. The maximum absolute atomic E-state index is 11.2. The first-order chi connectivity index (χ1) is 7.00. The SMILES string of the molecule is COC(=O)C(Cl)(Cl)C(O)c1ccccc1. The molecular weight excluding hydrogens is 239 g/mol. The first-order valence-electron chi connectivity index (χ1n) is 4.19. The van der Waals surface area contributed by atoms with E-state index in [1.54, 1.807) is 30.3 Å². The van der Waals surface area contributed by atoms with Gasteiger partial charge in [-0.15, -0.1) is 0 Å². The number of hydrogen-bond acceptors (Lipinski definition) is 3. The molecule has 1 atom stereocenters. The first kappa shape index (κ1) is 12.3. The van der Waals surface area contributed by atoms with Crippen molar-refractivity contribution in [3.8, 4) is 0 Å². The summed E-state index contributed by atoms with van der Waals surface area (Å²) in [6, 6.07) is 8.43. The third-order valence-electron chi connectivity index (χ3n) is 1.92. The topological polar surface area (TPSA) is 46.5 Å². The van der Waals surface area contributed by atoms with Gasteiger partial charge < -0.3 is 9.84 Å². The minimum atomic E-state index is -1.99. The molecule has 0 aliphatic heterocycles. The number of rotatable bonds is 3.